The van der Waals surface area contributed by atoms with Crippen molar-refractivity contribution in [3.05, 3.63) is 23.8 Å². The van der Waals surface area contributed by atoms with E-state index in [9.17, 15) is 4.79 Å². The molecule has 0 bridgehead atoms. The van der Waals surface area contributed by atoms with Gasteiger partial charge in [0.05, 0.1) is 46.5 Å². The lowest BCUT2D eigenvalue weighted by molar-refractivity contribution is -0.145. The van der Waals surface area contributed by atoms with Crippen molar-refractivity contribution in [2.24, 2.45) is 16.8 Å². The highest BCUT2D eigenvalue weighted by molar-refractivity contribution is 14.0. The highest BCUT2D eigenvalue weighted by Gasteiger charge is 2.37. The summed E-state index contributed by atoms with van der Waals surface area (Å²) in [6.07, 6.45) is 0. The first-order valence-electron chi connectivity index (χ1n) is 11.1. The minimum Gasteiger partial charge on any atom is -0.493 e. The Morgan fingerprint density at radius 3 is 2.48 bits per heavy atom. The third-order valence-electron chi connectivity index (χ3n) is 6.36. The van der Waals surface area contributed by atoms with E-state index in [1.165, 1.54) is 7.11 Å². The van der Waals surface area contributed by atoms with Crippen LogP contribution in [0.2, 0.25) is 0 Å². The van der Waals surface area contributed by atoms with Crippen LogP contribution in [-0.2, 0) is 14.3 Å². The standard InChI is InChI=1S/C23H36N4O5.HI/c1-16-14-27(15-18(16)22(28)31-5)23(24-2)25-13-19(26-8-10-32-11-9-26)17-6-7-20(29-3)21(12-17)30-4;/h6-7,12,16,18-19H,8-11,13-15H2,1-5H3,(H,24,25);1H. The molecule has 0 spiro atoms. The number of methoxy groups -OCH3 is 3. The molecule has 3 rings (SSSR count). The molecule has 0 aromatic heterocycles. The second-order valence-electron chi connectivity index (χ2n) is 8.22. The topological polar surface area (TPSA) is 84.9 Å². The summed E-state index contributed by atoms with van der Waals surface area (Å²) in [7, 11) is 6.51. The van der Waals surface area contributed by atoms with Gasteiger partial charge in [-0.25, -0.2) is 0 Å². The van der Waals surface area contributed by atoms with Crippen molar-refractivity contribution in [1.82, 2.24) is 15.1 Å². The van der Waals surface area contributed by atoms with Gasteiger partial charge in [0.1, 0.15) is 0 Å². The van der Waals surface area contributed by atoms with Crippen LogP contribution in [0.5, 0.6) is 11.5 Å². The first-order valence-corrected chi connectivity index (χ1v) is 11.1. The van der Waals surface area contributed by atoms with E-state index in [0.29, 0.717) is 37.8 Å². The summed E-state index contributed by atoms with van der Waals surface area (Å²) in [4.78, 5) is 21.1. The normalized spacial score (nSPS) is 22.3. The number of hydrogen-bond acceptors (Lipinski definition) is 7. The molecular formula is C23H37IN4O5. The third kappa shape index (κ3) is 6.63. The summed E-state index contributed by atoms with van der Waals surface area (Å²) in [5.74, 6) is 2.12. The molecule has 33 heavy (non-hydrogen) atoms. The van der Waals surface area contributed by atoms with E-state index >= 15 is 0 Å². The second kappa shape index (κ2) is 13.2. The number of morpholine rings is 1. The van der Waals surface area contributed by atoms with Crippen molar-refractivity contribution in [1.29, 1.82) is 0 Å². The summed E-state index contributed by atoms with van der Waals surface area (Å²) >= 11 is 0. The number of rotatable bonds is 7. The molecule has 9 nitrogen and oxygen atoms in total. The van der Waals surface area contributed by atoms with Crippen LogP contribution in [0.3, 0.4) is 0 Å². The zero-order valence-electron chi connectivity index (χ0n) is 20.2. The third-order valence-corrected chi connectivity index (χ3v) is 6.36. The van der Waals surface area contributed by atoms with Crippen molar-refractivity contribution < 1.29 is 23.7 Å². The fraction of sp³-hybridized carbons (Fsp3) is 0.652. The Kier molecular flexibility index (Phi) is 11.0. The van der Waals surface area contributed by atoms with Gasteiger partial charge in [-0.1, -0.05) is 13.0 Å². The van der Waals surface area contributed by atoms with Crippen LogP contribution in [-0.4, -0.2) is 96.0 Å². The Balaban J connectivity index is 0.00000385. The van der Waals surface area contributed by atoms with E-state index in [1.54, 1.807) is 21.3 Å². The van der Waals surface area contributed by atoms with Crippen molar-refractivity contribution in [3.63, 3.8) is 0 Å². The summed E-state index contributed by atoms with van der Waals surface area (Å²) < 4.78 is 21.5. The van der Waals surface area contributed by atoms with Crippen LogP contribution in [0.4, 0.5) is 0 Å². The molecule has 2 aliphatic heterocycles. The van der Waals surface area contributed by atoms with Gasteiger partial charge in [-0.05, 0) is 23.6 Å². The number of hydrogen-bond donors (Lipinski definition) is 1. The molecule has 1 N–H and O–H groups in total. The van der Waals surface area contributed by atoms with Crippen LogP contribution in [0, 0.1) is 11.8 Å². The van der Waals surface area contributed by atoms with Gasteiger partial charge >= 0.3 is 5.97 Å². The number of ether oxygens (including phenoxy) is 4. The number of nitrogens with zero attached hydrogens (tertiary/aromatic N) is 3. The highest BCUT2D eigenvalue weighted by atomic mass is 127. The molecule has 2 saturated heterocycles. The van der Waals surface area contributed by atoms with Gasteiger partial charge in [-0.2, -0.15) is 0 Å². The molecule has 10 heteroatoms. The molecule has 0 amide bonds. The lowest BCUT2D eigenvalue weighted by Crippen LogP contribution is -2.47. The number of aliphatic imine (C=N–C) groups is 1. The lowest BCUT2D eigenvalue weighted by Gasteiger charge is -2.36. The average molecular weight is 576 g/mol. The molecule has 1 aromatic rings. The Hall–Kier alpha value is -1.79. The molecule has 2 fully saturated rings. The number of esters is 1. The lowest BCUT2D eigenvalue weighted by atomic mass is 9.99. The first kappa shape index (κ1) is 27.5. The van der Waals surface area contributed by atoms with E-state index in [-0.39, 0.29) is 47.8 Å². The molecule has 2 aliphatic rings. The van der Waals surface area contributed by atoms with Gasteiger partial charge in [-0.3, -0.25) is 14.7 Å². The maximum atomic E-state index is 12.1. The number of nitrogens with one attached hydrogen (secondary N) is 1. The smallest absolute Gasteiger partial charge is 0.310 e. The minimum absolute atomic E-state index is 0. The Bertz CT molecular complexity index is 803. The van der Waals surface area contributed by atoms with Crippen LogP contribution >= 0.6 is 24.0 Å². The number of carbonyl (C=O) groups is 1. The molecule has 0 aliphatic carbocycles. The summed E-state index contributed by atoms with van der Waals surface area (Å²) in [5, 5.41) is 3.54. The molecule has 2 heterocycles. The molecule has 186 valence electrons. The Morgan fingerprint density at radius 1 is 1.18 bits per heavy atom. The largest absolute Gasteiger partial charge is 0.493 e. The predicted molar refractivity (Wildman–Crippen MR) is 138 cm³/mol. The van der Waals surface area contributed by atoms with Crippen molar-refractivity contribution in [2.45, 2.75) is 13.0 Å². The zero-order valence-corrected chi connectivity index (χ0v) is 22.5. The number of carbonyl (C=O) groups excluding carboxylic acids is 1. The van der Waals surface area contributed by atoms with Gasteiger partial charge in [0.15, 0.2) is 17.5 Å². The molecular weight excluding hydrogens is 539 g/mol. The van der Waals surface area contributed by atoms with E-state index in [0.717, 1.165) is 31.2 Å². The summed E-state index contributed by atoms with van der Waals surface area (Å²) in [6, 6.07) is 6.16. The van der Waals surface area contributed by atoms with E-state index in [2.05, 4.69) is 33.1 Å². The molecule has 1 aromatic carbocycles. The van der Waals surface area contributed by atoms with Gasteiger partial charge in [0, 0.05) is 39.8 Å². The minimum atomic E-state index is -0.160. The SMILES string of the molecule is CN=C(NCC(c1ccc(OC)c(OC)c1)N1CCOCC1)N1CC(C)C(C(=O)OC)C1.I. The Morgan fingerprint density at radius 2 is 1.88 bits per heavy atom. The number of halogens is 1. The summed E-state index contributed by atoms with van der Waals surface area (Å²) in [6.45, 7) is 7.23. The Labute approximate surface area is 213 Å². The van der Waals surface area contributed by atoms with Crippen LogP contribution in [0.15, 0.2) is 23.2 Å². The summed E-state index contributed by atoms with van der Waals surface area (Å²) in [5.41, 5.74) is 1.13. The maximum Gasteiger partial charge on any atom is 0.310 e. The monoisotopic (exact) mass is 576 g/mol. The molecule has 3 unspecified atom stereocenters. The quantitative estimate of drug-likeness (QED) is 0.229. The van der Waals surface area contributed by atoms with Gasteiger partial charge in [-0.15, -0.1) is 24.0 Å². The maximum absolute atomic E-state index is 12.1. The van der Waals surface area contributed by atoms with E-state index in [4.69, 9.17) is 18.9 Å². The number of likely N-dealkylation sites (tertiary alicyclic amines) is 1. The fourth-order valence-electron chi connectivity index (χ4n) is 4.53. The highest BCUT2D eigenvalue weighted by Crippen LogP contribution is 2.32. The number of guanidine groups is 1. The van der Waals surface area contributed by atoms with Gasteiger partial charge in [0.2, 0.25) is 0 Å². The van der Waals surface area contributed by atoms with Crippen molar-refractivity contribution >= 4 is 35.9 Å². The van der Waals surface area contributed by atoms with Gasteiger partial charge in [0.25, 0.3) is 0 Å². The fourth-order valence-corrected chi connectivity index (χ4v) is 4.53. The van der Waals surface area contributed by atoms with Crippen molar-refractivity contribution in [2.75, 3.05) is 74.3 Å². The predicted octanol–water partition coefficient (Wildman–Crippen LogP) is 2.01. The van der Waals surface area contributed by atoms with Crippen LogP contribution in [0.25, 0.3) is 0 Å². The van der Waals surface area contributed by atoms with E-state index < -0.39 is 0 Å². The average Bonchev–Trinajstić information content (AvgIpc) is 3.22. The van der Waals surface area contributed by atoms with Crippen LogP contribution in [0.1, 0.15) is 18.5 Å². The van der Waals surface area contributed by atoms with E-state index in [1.807, 2.05) is 12.1 Å². The molecule has 0 radical (unpaired) electrons. The van der Waals surface area contributed by atoms with Gasteiger partial charge < -0.3 is 29.2 Å². The zero-order chi connectivity index (χ0) is 23.1. The molecule has 0 saturated carbocycles. The molecule has 3 atom stereocenters. The second-order valence-corrected chi connectivity index (χ2v) is 8.22. The number of benzene rings is 1. The first-order chi connectivity index (χ1) is 15.5. The van der Waals surface area contributed by atoms with Crippen LogP contribution < -0.4 is 14.8 Å². The van der Waals surface area contributed by atoms with Crippen molar-refractivity contribution in [3.8, 4) is 11.5 Å².